The van der Waals surface area contributed by atoms with Crippen LogP contribution in [0.25, 0.3) is 0 Å². The molecular formula is C31H60NSi+. The Morgan fingerprint density at radius 2 is 1.09 bits per heavy atom. The third-order valence-corrected chi connectivity index (χ3v) is 9.37. The van der Waals surface area contributed by atoms with E-state index < -0.39 is 8.07 Å². The Morgan fingerprint density at radius 3 is 1.55 bits per heavy atom. The zero-order valence-corrected chi connectivity index (χ0v) is 24.6. The van der Waals surface area contributed by atoms with E-state index in [9.17, 15) is 0 Å². The standard InChI is InChI=1S/C31H60NSi/c1-7-8-9-10-11-12-13-14-15-16-17-18-19-23-28-32(2,3)31(27-24-29-33(4,5)6)30-25-21-20-22-26-30/h20-22,25-26,31H,7-19,23-24,27-29H2,1-6H3/q+1. The van der Waals surface area contributed by atoms with Crippen molar-refractivity contribution in [1.82, 2.24) is 0 Å². The molecule has 0 saturated carbocycles. The summed E-state index contributed by atoms with van der Waals surface area (Å²) in [5, 5.41) is 0. The first-order valence-corrected chi connectivity index (χ1v) is 18.3. The average molecular weight is 475 g/mol. The van der Waals surface area contributed by atoms with Crippen LogP contribution in [0, 0.1) is 0 Å². The molecule has 0 bridgehead atoms. The van der Waals surface area contributed by atoms with Crippen LogP contribution < -0.4 is 0 Å². The highest BCUT2D eigenvalue weighted by Crippen LogP contribution is 2.32. The molecule has 2 heteroatoms. The van der Waals surface area contributed by atoms with Gasteiger partial charge in [-0.1, -0.05) is 140 Å². The third-order valence-electron chi connectivity index (χ3n) is 7.52. The predicted molar refractivity (Wildman–Crippen MR) is 154 cm³/mol. The summed E-state index contributed by atoms with van der Waals surface area (Å²) < 4.78 is 1.15. The number of benzene rings is 1. The van der Waals surface area contributed by atoms with E-state index in [4.69, 9.17) is 0 Å². The minimum atomic E-state index is -0.953. The number of hydrogen-bond donors (Lipinski definition) is 0. The van der Waals surface area contributed by atoms with Crippen molar-refractivity contribution >= 4 is 8.07 Å². The second-order valence-corrected chi connectivity index (χ2v) is 18.1. The molecule has 1 aromatic carbocycles. The van der Waals surface area contributed by atoms with Crippen molar-refractivity contribution in [1.29, 1.82) is 0 Å². The van der Waals surface area contributed by atoms with Crippen molar-refractivity contribution < 1.29 is 4.48 Å². The van der Waals surface area contributed by atoms with Crippen molar-refractivity contribution in [3.05, 3.63) is 35.9 Å². The summed E-state index contributed by atoms with van der Waals surface area (Å²) in [4.78, 5) is 0. The van der Waals surface area contributed by atoms with Crippen LogP contribution in [-0.2, 0) is 0 Å². The molecule has 0 amide bonds. The summed E-state index contributed by atoms with van der Waals surface area (Å²) in [6, 6.07) is 13.4. The Bertz CT molecular complexity index is 560. The Morgan fingerprint density at radius 1 is 0.636 bits per heavy atom. The highest BCUT2D eigenvalue weighted by atomic mass is 28.3. The maximum atomic E-state index is 2.51. The molecule has 0 heterocycles. The molecule has 0 aromatic heterocycles. The molecule has 0 aliphatic heterocycles. The molecule has 0 aliphatic carbocycles. The number of quaternary nitrogens is 1. The topological polar surface area (TPSA) is 0 Å². The van der Waals surface area contributed by atoms with Crippen LogP contribution in [0.5, 0.6) is 0 Å². The lowest BCUT2D eigenvalue weighted by Gasteiger charge is -2.39. The lowest BCUT2D eigenvalue weighted by atomic mass is 9.98. The number of hydrogen-bond acceptors (Lipinski definition) is 0. The summed E-state index contributed by atoms with van der Waals surface area (Å²) >= 11 is 0. The van der Waals surface area contributed by atoms with Gasteiger partial charge in [0.25, 0.3) is 0 Å². The molecular weight excluding hydrogens is 414 g/mol. The summed E-state index contributed by atoms with van der Waals surface area (Å²) in [5.41, 5.74) is 1.54. The van der Waals surface area contributed by atoms with Gasteiger partial charge in [-0.2, -0.15) is 0 Å². The summed E-state index contributed by atoms with van der Waals surface area (Å²) in [6.07, 6.45) is 22.9. The van der Waals surface area contributed by atoms with Gasteiger partial charge in [-0.05, 0) is 19.3 Å². The summed E-state index contributed by atoms with van der Waals surface area (Å²) in [5.74, 6) is 0. The first-order chi connectivity index (χ1) is 15.8. The Labute approximate surface area is 210 Å². The van der Waals surface area contributed by atoms with Gasteiger partial charge in [-0.25, -0.2) is 0 Å². The molecule has 0 spiro atoms. The zero-order chi connectivity index (χ0) is 24.4. The SMILES string of the molecule is CCCCCCCCCCCCCCCC[N+](C)(C)C(CCC[Si](C)(C)C)c1ccccc1. The van der Waals surface area contributed by atoms with E-state index in [-0.39, 0.29) is 0 Å². The van der Waals surface area contributed by atoms with Crippen LogP contribution in [0.1, 0.15) is 121 Å². The molecule has 1 atom stereocenters. The van der Waals surface area contributed by atoms with Gasteiger partial charge in [0.1, 0.15) is 6.04 Å². The molecule has 192 valence electrons. The van der Waals surface area contributed by atoms with Crippen LogP contribution in [0.2, 0.25) is 25.7 Å². The Balaban J connectivity index is 2.22. The minimum absolute atomic E-state index is 0.643. The van der Waals surface area contributed by atoms with E-state index >= 15 is 0 Å². The molecule has 0 aliphatic rings. The predicted octanol–water partition coefficient (Wildman–Crippen LogP) is 10.4. The quantitative estimate of drug-likeness (QED) is 0.0943. The number of rotatable bonds is 21. The zero-order valence-electron chi connectivity index (χ0n) is 23.6. The normalized spacial score (nSPS) is 13.4. The van der Waals surface area contributed by atoms with Gasteiger partial charge < -0.3 is 4.48 Å². The lowest BCUT2D eigenvalue weighted by Crippen LogP contribution is -2.44. The smallest absolute Gasteiger partial charge is 0.114 e. The molecule has 0 radical (unpaired) electrons. The molecule has 1 rings (SSSR count). The first kappa shape index (κ1) is 30.4. The molecule has 0 saturated heterocycles. The molecule has 1 unspecified atom stereocenters. The van der Waals surface area contributed by atoms with Gasteiger partial charge in [-0.15, -0.1) is 0 Å². The maximum Gasteiger partial charge on any atom is 0.114 e. The van der Waals surface area contributed by atoms with E-state index in [2.05, 4.69) is 71.0 Å². The van der Waals surface area contributed by atoms with E-state index in [0.717, 1.165) is 4.48 Å². The fourth-order valence-electron chi connectivity index (χ4n) is 5.29. The van der Waals surface area contributed by atoms with Crippen molar-refractivity contribution in [3.63, 3.8) is 0 Å². The Hall–Kier alpha value is -0.603. The second-order valence-electron chi connectivity index (χ2n) is 12.5. The number of nitrogens with zero attached hydrogens (tertiary/aromatic N) is 1. The van der Waals surface area contributed by atoms with Crippen molar-refractivity contribution in [3.8, 4) is 0 Å². The highest BCUT2D eigenvalue weighted by Gasteiger charge is 2.29. The number of unbranched alkanes of at least 4 members (excludes halogenated alkanes) is 13. The van der Waals surface area contributed by atoms with Gasteiger partial charge in [0.2, 0.25) is 0 Å². The van der Waals surface area contributed by atoms with E-state index in [1.807, 2.05) is 0 Å². The minimum Gasteiger partial charge on any atom is -0.322 e. The van der Waals surface area contributed by atoms with E-state index in [1.165, 1.54) is 115 Å². The molecule has 1 nitrogen and oxygen atoms in total. The van der Waals surface area contributed by atoms with Gasteiger partial charge in [0.05, 0.1) is 20.6 Å². The molecule has 33 heavy (non-hydrogen) atoms. The molecule has 0 fully saturated rings. The first-order valence-electron chi connectivity index (χ1n) is 14.6. The van der Waals surface area contributed by atoms with Gasteiger partial charge in [0, 0.05) is 20.1 Å². The van der Waals surface area contributed by atoms with Crippen LogP contribution in [0.4, 0.5) is 0 Å². The Kier molecular flexibility index (Phi) is 16.4. The summed E-state index contributed by atoms with van der Waals surface area (Å²) in [6.45, 7) is 11.2. The average Bonchev–Trinajstić information content (AvgIpc) is 2.76. The maximum absolute atomic E-state index is 2.51. The van der Waals surface area contributed by atoms with Crippen LogP contribution in [-0.4, -0.2) is 33.2 Å². The molecule has 1 aromatic rings. The second kappa shape index (κ2) is 17.8. The van der Waals surface area contributed by atoms with Crippen LogP contribution in [0.3, 0.4) is 0 Å². The lowest BCUT2D eigenvalue weighted by molar-refractivity contribution is -0.921. The van der Waals surface area contributed by atoms with Gasteiger partial charge in [-0.3, -0.25) is 0 Å². The fraction of sp³-hybridized carbons (Fsp3) is 0.806. The van der Waals surface area contributed by atoms with Gasteiger partial charge >= 0.3 is 0 Å². The third kappa shape index (κ3) is 15.8. The largest absolute Gasteiger partial charge is 0.322 e. The fourth-order valence-corrected chi connectivity index (χ4v) is 6.56. The van der Waals surface area contributed by atoms with Crippen molar-refractivity contribution in [2.75, 3.05) is 20.6 Å². The van der Waals surface area contributed by atoms with E-state index in [0.29, 0.717) is 6.04 Å². The van der Waals surface area contributed by atoms with Gasteiger partial charge in [0.15, 0.2) is 0 Å². The monoisotopic (exact) mass is 474 g/mol. The van der Waals surface area contributed by atoms with Crippen molar-refractivity contribution in [2.24, 2.45) is 0 Å². The van der Waals surface area contributed by atoms with E-state index in [1.54, 1.807) is 5.56 Å². The van der Waals surface area contributed by atoms with Crippen LogP contribution >= 0.6 is 0 Å². The summed E-state index contributed by atoms with van der Waals surface area (Å²) in [7, 11) is 4.01. The van der Waals surface area contributed by atoms with Crippen molar-refractivity contribution in [2.45, 2.75) is 141 Å². The molecule has 0 N–H and O–H groups in total. The highest BCUT2D eigenvalue weighted by molar-refractivity contribution is 6.76. The van der Waals surface area contributed by atoms with Crippen LogP contribution in [0.15, 0.2) is 30.3 Å².